The monoisotopic (exact) mass is 452 g/mol. The van der Waals surface area contributed by atoms with Crippen LogP contribution in [0.15, 0.2) is 28.7 Å². The summed E-state index contributed by atoms with van der Waals surface area (Å²) in [5.41, 5.74) is 2.89. The van der Waals surface area contributed by atoms with E-state index in [1.807, 2.05) is 6.07 Å². The number of nitrogens with zero attached hydrogens (tertiary/aromatic N) is 2. The fourth-order valence-electron chi connectivity index (χ4n) is 2.85. The van der Waals surface area contributed by atoms with E-state index in [1.54, 1.807) is 32.9 Å². The first-order valence-corrected chi connectivity index (χ1v) is 9.55. The molecule has 0 atom stereocenters. The number of pyridine rings is 1. The van der Waals surface area contributed by atoms with Gasteiger partial charge in [0, 0.05) is 18.1 Å². The van der Waals surface area contributed by atoms with Gasteiger partial charge in [-0.05, 0) is 48.3 Å². The zero-order valence-corrected chi connectivity index (χ0v) is 17.5. The molecule has 1 aliphatic heterocycles. The predicted molar refractivity (Wildman–Crippen MR) is 108 cm³/mol. The molecule has 0 spiro atoms. The highest BCUT2D eigenvalue weighted by Crippen LogP contribution is 2.36. The van der Waals surface area contributed by atoms with Gasteiger partial charge in [0.25, 0.3) is 0 Å². The summed E-state index contributed by atoms with van der Waals surface area (Å²) in [6.07, 6.45) is -0.172. The van der Waals surface area contributed by atoms with Crippen LogP contribution in [0, 0.1) is 5.82 Å². The molecule has 7 nitrogen and oxygen atoms in total. The number of fused-ring (bicyclic) bond motifs is 2. The van der Waals surface area contributed by atoms with Crippen LogP contribution < -0.4 is 20.9 Å². The number of rotatable bonds is 1. The van der Waals surface area contributed by atoms with E-state index < -0.39 is 17.5 Å². The van der Waals surface area contributed by atoms with E-state index in [1.165, 1.54) is 11.0 Å². The molecule has 9 heteroatoms. The van der Waals surface area contributed by atoms with Gasteiger partial charge in [-0.1, -0.05) is 12.1 Å². The van der Waals surface area contributed by atoms with Crippen molar-refractivity contribution in [2.24, 2.45) is 5.84 Å². The first-order valence-electron chi connectivity index (χ1n) is 8.76. The van der Waals surface area contributed by atoms with Crippen LogP contribution in [0.5, 0.6) is 5.75 Å². The van der Waals surface area contributed by atoms with Gasteiger partial charge in [0.2, 0.25) is 0 Å². The molecule has 28 heavy (non-hydrogen) atoms. The van der Waals surface area contributed by atoms with Crippen molar-refractivity contribution in [3.8, 4) is 5.75 Å². The van der Waals surface area contributed by atoms with Crippen LogP contribution in [0.2, 0.25) is 0 Å². The second-order valence-electron chi connectivity index (χ2n) is 7.33. The third kappa shape index (κ3) is 4.36. The second kappa shape index (κ2) is 7.92. The van der Waals surface area contributed by atoms with Crippen LogP contribution in [-0.4, -0.2) is 23.3 Å². The molecule has 1 aliphatic rings. The molecule has 0 radical (unpaired) electrons. The van der Waals surface area contributed by atoms with Gasteiger partial charge in [0.05, 0.1) is 17.6 Å². The Balaban J connectivity index is 2.15. The first-order chi connectivity index (χ1) is 13.2. The Kier molecular flexibility index (Phi) is 5.76. The summed E-state index contributed by atoms with van der Waals surface area (Å²) in [7, 11) is 0. The molecular formula is C19H22BrFN4O3. The molecular weight excluding hydrogens is 431 g/mol. The van der Waals surface area contributed by atoms with Crippen molar-refractivity contribution < 1.29 is 18.7 Å². The minimum absolute atomic E-state index is 0.0497. The van der Waals surface area contributed by atoms with Gasteiger partial charge in [-0.25, -0.2) is 20.0 Å². The molecule has 0 unspecified atom stereocenters. The van der Waals surface area contributed by atoms with Gasteiger partial charge < -0.3 is 14.9 Å². The van der Waals surface area contributed by atoms with Crippen molar-refractivity contribution >= 4 is 33.7 Å². The minimum Gasteiger partial charge on any atom is -0.489 e. The molecule has 150 valence electrons. The largest absolute Gasteiger partial charge is 0.489 e. The average Bonchev–Trinajstić information content (AvgIpc) is 2.67. The number of nitrogens with one attached hydrogen (secondary N) is 1. The molecule has 1 amide bonds. The number of nitrogen functional groups attached to an aromatic ring is 1. The quantitative estimate of drug-likeness (QED) is 0.498. The number of hydrogen-bond donors (Lipinski definition) is 2. The zero-order valence-electron chi connectivity index (χ0n) is 15.9. The zero-order chi connectivity index (χ0) is 20.5. The van der Waals surface area contributed by atoms with Crippen LogP contribution in [0.4, 0.5) is 20.8 Å². The summed E-state index contributed by atoms with van der Waals surface area (Å²) >= 11 is 3.37. The summed E-state index contributed by atoms with van der Waals surface area (Å²) in [4.78, 5) is 18.7. The summed E-state index contributed by atoms with van der Waals surface area (Å²) in [6, 6.07) is 6.50. The third-order valence-corrected chi connectivity index (χ3v) is 4.69. The Labute approximate surface area is 171 Å². The number of carbonyl (C=O) groups excluding carboxylic acids is 1. The molecule has 3 rings (SSSR count). The third-order valence-electron chi connectivity index (χ3n) is 4.09. The van der Waals surface area contributed by atoms with Crippen LogP contribution in [0.3, 0.4) is 0 Å². The van der Waals surface area contributed by atoms with Crippen LogP contribution in [0.25, 0.3) is 0 Å². The maximum Gasteiger partial charge on any atom is 0.416 e. The smallest absolute Gasteiger partial charge is 0.416 e. The Hall–Kier alpha value is -2.39. The topological polar surface area (TPSA) is 89.7 Å². The number of halogens is 2. The molecule has 2 heterocycles. The fraction of sp³-hybridized carbons (Fsp3) is 0.368. The lowest BCUT2D eigenvalue weighted by Gasteiger charge is -2.28. The Bertz CT molecular complexity index is 901. The van der Waals surface area contributed by atoms with Gasteiger partial charge in [0.15, 0.2) is 17.4 Å². The van der Waals surface area contributed by atoms with E-state index >= 15 is 0 Å². The highest BCUT2D eigenvalue weighted by Gasteiger charge is 2.30. The molecule has 1 aromatic carbocycles. The number of anilines is 2. The number of aromatic nitrogens is 1. The van der Waals surface area contributed by atoms with Gasteiger partial charge >= 0.3 is 6.09 Å². The first kappa shape index (κ1) is 20.3. The van der Waals surface area contributed by atoms with E-state index in [9.17, 15) is 9.18 Å². The van der Waals surface area contributed by atoms with Crippen LogP contribution in [0.1, 0.15) is 31.9 Å². The highest BCUT2D eigenvalue weighted by molar-refractivity contribution is 9.10. The second-order valence-corrected chi connectivity index (χ2v) is 8.18. The van der Waals surface area contributed by atoms with Gasteiger partial charge in [0.1, 0.15) is 11.4 Å². The fourth-order valence-corrected chi connectivity index (χ4v) is 3.26. The number of hydrogen-bond acceptors (Lipinski definition) is 6. The van der Waals surface area contributed by atoms with E-state index in [2.05, 4.69) is 26.3 Å². The van der Waals surface area contributed by atoms with Crippen molar-refractivity contribution in [1.29, 1.82) is 0 Å². The SMILES string of the molecule is CC(C)(C)OC(=O)N1Cc2c(F)cccc2CCOc2cc(Br)c(NN)nc21. The van der Waals surface area contributed by atoms with E-state index in [0.717, 1.165) is 5.56 Å². The number of nitrogens with two attached hydrogens (primary N) is 1. The van der Waals surface area contributed by atoms with Crippen molar-refractivity contribution in [2.75, 3.05) is 16.9 Å². The molecule has 0 bridgehead atoms. The number of hydrazine groups is 1. The summed E-state index contributed by atoms with van der Waals surface area (Å²) < 4.78 is 26.6. The molecule has 1 aromatic heterocycles. The molecule has 2 aromatic rings. The van der Waals surface area contributed by atoms with Crippen molar-refractivity contribution in [1.82, 2.24) is 4.98 Å². The molecule has 0 saturated heterocycles. The predicted octanol–water partition coefficient (Wildman–Crippen LogP) is 4.15. The summed E-state index contributed by atoms with van der Waals surface area (Å²) in [6.45, 7) is 5.53. The lowest BCUT2D eigenvalue weighted by molar-refractivity contribution is 0.0575. The Morgan fingerprint density at radius 1 is 1.43 bits per heavy atom. The minimum atomic E-state index is -0.737. The number of carbonyl (C=O) groups is 1. The number of benzene rings is 1. The lowest BCUT2D eigenvalue weighted by atomic mass is 10.0. The summed E-state index contributed by atoms with van der Waals surface area (Å²) in [5, 5.41) is 0. The standard InChI is InChI=1S/C19H22BrFN4O3/c1-19(2,3)28-18(26)25-10-12-11(5-4-6-14(12)21)7-8-27-15-9-13(20)16(24-22)23-17(15)25/h4-6,9H,7-8,10,22H2,1-3H3,(H,23,24). The van der Waals surface area contributed by atoms with Gasteiger partial charge in [-0.3, -0.25) is 4.90 Å². The van der Waals surface area contributed by atoms with Crippen molar-refractivity contribution in [2.45, 2.75) is 39.3 Å². The lowest BCUT2D eigenvalue weighted by Crippen LogP contribution is -2.37. The maximum absolute atomic E-state index is 14.6. The van der Waals surface area contributed by atoms with E-state index in [0.29, 0.717) is 34.6 Å². The molecule has 3 N–H and O–H groups in total. The summed E-state index contributed by atoms with van der Waals surface area (Å²) in [5.74, 6) is 6.00. The number of ether oxygens (including phenoxy) is 2. The normalized spacial score (nSPS) is 14.0. The van der Waals surface area contributed by atoms with Gasteiger partial charge in [-0.2, -0.15) is 0 Å². The highest BCUT2D eigenvalue weighted by atomic mass is 79.9. The van der Waals surface area contributed by atoms with Crippen molar-refractivity contribution in [3.05, 3.63) is 45.7 Å². The van der Waals surface area contributed by atoms with E-state index in [4.69, 9.17) is 15.3 Å². The molecule has 0 aliphatic carbocycles. The Morgan fingerprint density at radius 3 is 2.86 bits per heavy atom. The van der Waals surface area contributed by atoms with Gasteiger partial charge in [-0.15, -0.1) is 0 Å². The number of amides is 1. The van der Waals surface area contributed by atoms with Crippen LogP contribution >= 0.6 is 15.9 Å². The molecule has 0 fully saturated rings. The average molecular weight is 453 g/mol. The molecule has 0 saturated carbocycles. The Morgan fingerprint density at radius 2 is 2.18 bits per heavy atom. The van der Waals surface area contributed by atoms with Crippen molar-refractivity contribution in [3.63, 3.8) is 0 Å². The van der Waals surface area contributed by atoms with E-state index in [-0.39, 0.29) is 12.4 Å². The van der Waals surface area contributed by atoms with Crippen LogP contribution in [-0.2, 0) is 17.7 Å². The maximum atomic E-state index is 14.6.